The van der Waals surface area contributed by atoms with E-state index in [9.17, 15) is 0 Å². The molecule has 2 aromatic rings. The van der Waals surface area contributed by atoms with Crippen LogP contribution in [0.5, 0.6) is 0 Å². The maximum atomic E-state index is 2.71. The maximum absolute atomic E-state index is 2.71. The monoisotopic (exact) mass is 332 g/mol. The topological polar surface area (TPSA) is 16.6 Å². The lowest BCUT2D eigenvalue weighted by molar-refractivity contribution is -0.621. The average Bonchev–Trinajstić information content (AvgIpc) is 3.36. The Morgan fingerprint density at radius 2 is 1.08 bits per heavy atom. The molecule has 0 amide bonds. The first kappa shape index (κ1) is 13.0. The second kappa shape index (κ2) is 3.94. The van der Waals surface area contributed by atoms with Gasteiger partial charge < -0.3 is 0 Å². The SMILES string of the molecule is c1ccc2c(c1)[C@H]1CC[C@@H]2C12[NH2+]SC21[C@@H]2CC[C@H]1c1ccccc12. The first-order chi connectivity index (χ1) is 11.9. The first-order valence-corrected chi connectivity index (χ1v) is 10.5. The Morgan fingerprint density at radius 3 is 1.50 bits per heavy atom. The minimum Gasteiger partial charge on any atom is -0.277 e. The summed E-state index contributed by atoms with van der Waals surface area (Å²) in [6.07, 6.45) is 5.66. The molecule has 7 rings (SSSR count). The molecule has 3 fully saturated rings. The number of hydrogen-bond donors (Lipinski definition) is 1. The number of fused-ring (bicyclic) bond motifs is 6. The van der Waals surface area contributed by atoms with E-state index >= 15 is 0 Å². The van der Waals surface area contributed by atoms with Crippen molar-refractivity contribution in [2.24, 2.45) is 0 Å². The quantitative estimate of drug-likeness (QED) is 0.720. The summed E-state index contributed by atoms with van der Waals surface area (Å²) in [5.74, 6) is 3.17. The van der Waals surface area contributed by atoms with E-state index in [2.05, 4.69) is 65.2 Å². The third-order valence-electron chi connectivity index (χ3n) is 8.30. The van der Waals surface area contributed by atoms with E-state index in [1.807, 2.05) is 0 Å². The highest BCUT2D eigenvalue weighted by molar-refractivity contribution is 7.95. The van der Waals surface area contributed by atoms with Crippen molar-refractivity contribution < 1.29 is 4.72 Å². The Labute approximate surface area is 147 Å². The van der Waals surface area contributed by atoms with Gasteiger partial charge in [0, 0.05) is 23.7 Å². The largest absolute Gasteiger partial charge is 0.277 e. The number of nitrogens with two attached hydrogens (primary N) is 1. The van der Waals surface area contributed by atoms with Gasteiger partial charge in [0.2, 0.25) is 0 Å². The number of rotatable bonds is 0. The summed E-state index contributed by atoms with van der Waals surface area (Å²) in [4.78, 5) is 0. The molecule has 2 unspecified atom stereocenters. The van der Waals surface area contributed by atoms with Crippen molar-refractivity contribution in [3.63, 3.8) is 0 Å². The third-order valence-corrected chi connectivity index (χ3v) is 10.1. The molecule has 6 atom stereocenters. The van der Waals surface area contributed by atoms with Gasteiger partial charge in [0.1, 0.15) is 10.3 Å². The highest BCUT2D eigenvalue weighted by Crippen LogP contribution is 2.78. The van der Waals surface area contributed by atoms with Crippen LogP contribution in [-0.2, 0) is 0 Å². The van der Waals surface area contributed by atoms with Crippen LogP contribution in [0.2, 0.25) is 0 Å². The minimum atomic E-state index is 0.451. The zero-order valence-corrected chi connectivity index (χ0v) is 14.6. The highest BCUT2D eigenvalue weighted by Gasteiger charge is 2.84. The van der Waals surface area contributed by atoms with Gasteiger partial charge in [-0.25, -0.2) is 0 Å². The Bertz CT molecular complexity index is 752. The molecule has 2 spiro atoms. The molecular weight excluding hydrogens is 310 g/mol. The van der Waals surface area contributed by atoms with Gasteiger partial charge in [0.25, 0.3) is 0 Å². The van der Waals surface area contributed by atoms with Crippen LogP contribution in [0.15, 0.2) is 48.5 Å². The predicted molar refractivity (Wildman–Crippen MR) is 97.3 cm³/mol. The summed E-state index contributed by atoms with van der Waals surface area (Å²) in [7, 11) is 0. The zero-order valence-electron chi connectivity index (χ0n) is 13.7. The molecule has 0 aromatic heterocycles. The lowest BCUT2D eigenvalue weighted by Gasteiger charge is -2.56. The molecule has 4 bridgehead atoms. The molecule has 5 aliphatic rings. The molecule has 2 saturated carbocycles. The summed E-state index contributed by atoms with van der Waals surface area (Å²) in [6.45, 7) is 0. The molecule has 1 nitrogen and oxygen atoms in total. The fourth-order valence-electron chi connectivity index (χ4n) is 7.76. The molecule has 2 N–H and O–H groups in total. The molecule has 2 aromatic carbocycles. The Morgan fingerprint density at radius 1 is 0.667 bits per heavy atom. The van der Waals surface area contributed by atoms with Gasteiger partial charge in [-0.05, 0) is 47.9 Å². The summed E-state index contributed by atoms with van der Waals surface area (Å²) in [5, 5.41) is 0. The van der Waals surface area contributed by atoms with E-state index in [1.165, 1.54) is 25.7 Å². The first-order valence-electron chi connectivity index (χ1n) is 9.58. The molecule has 4 aliphatic carbocycles. The normalized spacial score (nSPS) is 45.7. The number of quaternary nitrogens is 1. The fraction of sp³-hybridized carbons (Fsp3) is 0.455. The van der Waals surface area contributed by atoms with Crippen molar-refractivity contribution >= 4 is 11.9 Å². The van der Waals surface area contributed by atoms with Crippen molar-refractivity contribution in [1.29, 1.82) is 0 Å². The van der Waals surface area contributed by atoms with Crippen molar-refractivity contribution in [1.82, 2.24) is 0 Å². The van der Waals surface area contributed by atoms with Crippen LogP contribution in [-0.4, -0.2) is 10.3 Å². The van der Waals surface area contributed by atoms with Crippen LogP contribution in [0.4, 0.5) is 0 Å². The average molecular weight is 332 g/mol. The van der Waals surface area contributed by atoms with E-state index < -0.39 is 0 Å². The van der Waals surface area contributed by atoms with Gasteiger partial charge in [-0.3, -0.25) is 4.72 Å². The third kappa shape index (κ3) is 1.08. The summed E-state index contributed by atoms with van der Waals surface area (Å²) in [6, 6.07) is 18.8. The van der Waals surface area contributed by atoms with Gasteiger partial charge in [-0.2, -0.15) is 0 Å². The van der Waals surface area contributed by atoms with Crippen molar-refractivity contribution in [2.75, 3.05) is 0 Å². The molecule has 0 radical (unpaired) electrons. The lowest BCUT2D eigenvalue weighted by Crippen LogP contribution is -3.08. The van der Waals surface area contributed by atoms with Crippen molar-refractivity contribution in [2.45, 2.75) is 59.6 Å². The van der Waals surface area contributed by atoms with Crippen LogP contribution >= 0.6 is 11.9 Å². The van der Waals surface area contributed by atoms with Crippen LogP contribution < -0.4 is 4.72 Å². The van der Waals surface area contributed by atoms with Crippen LogP contribution in [0.25, 0.3) is 0 Å². The zero-order chi connectivity index (χ0) is 15.5. The van der Waals surface area contributed by atoms with E-state index in [-0.39, 0.29) is 0 Å². The van der Waals surface area contributed by atoms with E-state index in [4.69, 9.17) is 0 Å². The second-order valence-electron chi connectivity index (χ2n) is 8.58. The van der Waals surface area contributed by atoms with Crippen LogP contribution in [0.1, 0.15) is 71.6 Å². The minimum absolute atomic E-state index is 0.451. The molecule has 1 aliphatic heterocycles. The van der Waals surface area contributed by atoms with E-state index in [0.717, 1.165) is 23.7 Å². The van der Waals surface area contributed by atoms with Crippen LogP contribution in [0.3, 0.4) is 0 Å². The van der Waals surface area contributed by atoms with Gasteiger partial charge in [-0.1, -0.05) is 48.5 Å². The van der Waals surface area contributed by atoms with Gasteiger partial charge in [0.05, 0.1) is 11.9 Å². The summed E-state index contributed by atoms with van der Waals surface area (Å²) < 4.78 is 3.19. The van der Waals surface area contributed by atoms with E-state index in [1.54, 1.807) is 22.3 Å². The number of benzene rings is 2. The Kier molecular flexibility index (Phi) is 2.14. The van der Waals surface area contributed by atoms with E-state index in [0.29, 0.717) is 10.3 Å². The fourth-order valence-corrected chi connectivity index (χ4v) is 9.85. The van der Waals surface area contributed by atoms with Gasteiger partial charge in [-0.15, -0.1) is 0 Å². The second-order valence-corrected chi connectivity index (χ2v) is 9.73. The molecule has 1 saturated heterocycles. The highest BCUT2D eigenvalue weighted by atomic mass is 32.2. The molecule has 2 heteroatoms. The Hall–Kier alpha value is -1.25. The van der Waals surface area contributed by atoms with Gasteiger partial charge in [0.15, 0.2) is 0 Å². The smallest absolute Gasteiger partial charge is 0.142 e. The van der Waals surface area contributed by atoms with Gasteiger partial charge >= 0.3 is 0 Å². The predicted octanol–water partition coefficient (Wildman–Crippen LogP) is 4.04. The Balaban J connectivity index is 1.47. The van der Waals surface area contributed by atoms with Crippen molar-refractivity contribution in [3.05, 3.63) is 70.8 Å². The van der Waals surface area contributed by atoms with Crippen LogP contribution in [0, 0.1) is 0 Å². The lowest BCUT2D eigenvalue weighted by atomic mass is 9.67. The summed E-state index contributed by atoms with van der Waals surface area (Å²) >= 11 is 2.24. The molecule has 120 valence electrons. The maximum Gasteiger partial charge on any atom is 0.142 e. The molecular formula is C22H22NS+. The standard InChI is InChI=1S/C22H21NS/c1-2-6-14-13(5-1)17-9-10-18(14)21(17)22(24-23-21)19-11-12-20(22)16-8-4-3-7-15(16)19/h1-8,17-20,23H,9-12H2/p+1/t17-,18+,19-,20+,21?,22?. The molecule has 24 heavy (non-hydrogen) atoms. The molecule has 1 heterocycles. The summed E-state index contributed by atoms with van der Waals surface area (Å²) in [5.41, 5.74) is 7.24. The number of hydrogen-bond acceptors (Lipinski definition) is 1. The van der Waals surface area contributed by atoms with Crippen molar-refractivity contribution in [3.8, 4) is 0 Å².